The Morgan fingerprint density at radius 3 is 2.24 bits per heavy atom. The number of hydrogen-bond donors (Lipinski definition) is 9. The lowest BCUT2D eigenvalue weighted by Gasteiger charge is -2.24. The number of imidazole rings is 1. The molecule has 3 aromatic rings. The summed E-state index contributed by atoms with van der Waals surface area (Å²) in [5, 5.41) is 26.9. The van der Waals surface area contributed by atoms with E-state index >= 15 is 0 Å². The molecule has 0 radical (unpaired) electrons. The van der Waals surface area contributed by atoms with E-state index in [1.807, 2.05) is 24.3 Å². The first-order chi connectivity index (χ1) is 17.7. The molecule has 1 aromatic carbocycles. The van der Waals surface area contributed by atoms with Crippen molar-refractivity contribution in [2.24, 2.45) is 5.73 Å². The van der Waals surface area contributed by atoms with E-state index in [-0.39, 0.29) is 18.6 Å². The topological polar surface area (TPSA) is 215 Å². The molecular weight excluding hydrogens is 502 g/mol. The second-order valence-electron chi connectivity index (χ2n) is 8.34. The predicted molar refractivity (Wildman–Crippen MR) is 137 cm³/mol. The number of aliphatic hydroxyl groups excluding tert-OH is 1. The molecule has 4 unspecified atom stereocenters. The van der Waals surface area contributed by atoms with Gasteiger partial charge in [-0.2, -0.15) is 12.6 Å². The van der Waals surface area contributed by atoms with Crippen molar-refractivity contribution < 1.29 is 29.4 Å². The van der Waals surface area contributed by atoms with Crippen molar-refractivity contribution >= 4 is 47.2 Å². The molecular formula is C23H29N7O6S. The lowest BCUT2D eigenvalue weighted by molar-refractivity contribution is -0.141. The fourth-order valence-electron chi connectivity index (χ4n) is 3.65. The van der Waals surface area contributed by atoms with Gasteiger partial charge in [0.1, 0.15) is 24.2 Å². The molecule has 4 atom stereocenters. The van der Waals surface area contributed by atoms with Crippen molar-refractivity contribution in [2.75, 3.05) is 12.4 Å². The lowest BCUT2D eigenvalue weighted by Crippen LogP contribution is -2.58. The number of carboxylic acids is 1. The van der Waals surface area contributed by atoms with Crippen LogP contribution in [0.1, 0.15) is 11.3 Å². The van der Waals surface area contributed by atoms with Gasteiger partial charge in [0.15, 0.2) is 0 Å². The standard InChI is InChI=1S/C23H29N7O6S/c24-15(9-31)20(32)28-18(6-13-8-25-11-27-13)22(34)29-17(21(33)30-19(10-37)23(35)36)5-12-7-26-16-4-2-1-3-14(12)16/h1-4,7-8,11,15,17-19,26,31,37H,5-6,9-10,24H2,(H,25,27)(H,28,32)(H,29,34)(H,30,33)(H,35,36). The number of hydrogen-bond acceptors (Lipinski definition) is 8. The van der Waals surface area contributed by atoms with E-state index < -0.39 is 54.5 Å². The number of para-hydroxylation sites is 1. The van der Waals surface area contributed by atoms with Gasteiger partial charge < -0.3 is 41.9 Å². The highest BCUT2D eigenvalue weighted by Crippen LogP contribution is 2.19. The monoisotopic (exact) mass is 531 g/mol. The highest BCUT2D eigenvalue weighted by Gasteiger charge is 2.31. The number of amides is 3. The van der Waals surface area contributed by atoms with Gasteiger partial charge in [-0.15, -0.1) is 0 Å². The number of rotatable bonds is 13. The number of carboxylic acid groups (broad SMARTS) is 1. The van der Waals surface area contributed by atoms with Crippen LogP contribution in [0, 0.1) is 0 Å². The number of aliphatic carboxylic acids is 1. The van der Waals surface area contributed by atoms with E-state index in [1.165, 1.54) is 12.5 Å². The first-order valence-corrected chi connectivity index (χ1v) is 12.0. The van der Waals surface area contributed by atoms with Crippen LogP contribution < -0.4 is 21.7 Å². The van der Waals surface area contributed by atoms with Gasteiger partial charge in [-0.25, -0.2) is 9.78 Å². The van der Waals surface area contributed by atoms with Crippen LogP contribution in [-0.4, -0.2) is 85.4 Å². The van der Waals surface area contributed by atoms with Crippen LogP contribution in [0.3, 0.4) is 0 Å². The Morgan fingerprint density at radius 1 is 0.973 bits per heavy atom. The van der Waals surface area contributed by atoms with Crippen LogP contribution in [0.25, 0.3) is 10.9 Å². The molecule has 13 nitrogen and oxygen atoms in total. The number of carbonyl (C=O) groups excluding carboxylic acids is 3. The molecule has 14 heteroatoms. The third-order valence-electron chi connectivity index (χ3n) is 5.67. The number of H-pyrrole nitrogens is 2. The Kier molecular flexibility index (Phi) is 9.65. The Morgan fingerprint density at radius 2 is 1.62 bits per heavy atom. The van der Waals surface area contributed by atoms with Crippen LogP contribution in [0.5, 0.6) is 0 Å². The highest BCUT2D eigenvalue weighted by atomic mass is 32.1. The number of thiol groups is 1. The fourth-order valence-corrected chi connectivity index (χ4v) is 3.89. The number of carbonyl (C=O) groups is 4. The smallest absolute Gasteiger partial charge is 0.327 e. The normalized spacial score (nSPS) is 14.4. The Hall–Kier alpha value is -3.88. The van der Waals surface area contributed by atoms with Crippen molar-refractivity contribution in [2.45, 2.75) is 37.0 Å². The van der Waals surface area contributed by atoms with E-state index in [4.69, 9.17) is 5.73 Å². The second kappa shape index (κ2) is 12.9. The van der Waals surface area contributed by atoms with Crippen molar-refractivity contribution in [1.29, 1.82) is 0 Å². The van der Waals surface area contributed by atoms with Gasteiger partial charge in [0.05, 0.1) is 12.9 Å². The lowest BCUT2D eigenvalue weighted by atomic mass is 10.0. The minimum Gasteiger partial charge on any atom is -0.480 e. The zero-order chi connectivity index (χ0) is 26.9. The molecule has 0 bridgehead atoms. The zero-order valence-electron chi connectivity index (χ0n) is 19.7. The Bertz CT molecular complexity index is 1230. The quantitative estimate of drug-likeness (QED) is 0.118. The Labute approximate surface area is 217 Å². The zero-order valence-corrected chi connectivity index (χ0v) is 20.6. The van der Waals surface area contributed by atoms with Crippen molar-refractivity contribution in [3.63, 3.8) is 0 Å². The van der Waals surface area contributed by atoms with Gasteiger partial charge in [0.2, 0.25) is 17.7 Å². The van der Waals surface area contributed by atoms with Gasteiger partial charge in [-0.1, -0.05) is 18.2 Å². The molecule has 0 saturated heterocycles. The van der Waals surface area contributed by atoms with E-state index in [0.29, 0.717) is 11.3 Å². The molecule has 0 aliphatic heterocycles. The summed E-state index contributed by atoms with van der Waals surface area (Å²) in [6.45, 7) is -0.629. The number of aromatic amines is 2. The van der Waals surface area contributed by atoms with Crippen molar-refractivity contribution in [3.05, 3.63) is 54.2 Å². The van der Waals surface area contributed by atoms with E-state index in [0.717, 1.165) is 10.9 Å². The largest absolute Gasteiger partial charge is 0.480 e. The van der Waals surface area contributed by atoms with Crippen molar-refractivity contribution in [1.82, 2.24) is 30.9 Å². The minimum atomic E-state index is -1.28. The third kappa shape index (κ3) is 7.31. The average Bonchev–Trinajstić information content (AvgIpc) is 3.55. The molecule has 0 saturated carbocycles. The molecule has 3 amide bonds. The van der Waals surface area contributed by atoms with Crippen LogP contribution >= 0.6 is 12.6 Å². The van der Waals surface area contributed by atoms with Gasteiger partial charge in [0, 0.05) is 47.6 Å². The average molecular weight is 532 g/mol. The third-order valence-corrected chi connectivity index (χ3v) is 6.04. The van der Waals surface area contributed by atoms with Crippen molar-refractivity contribution in [3.8, 4) is 0 Å². The number of nitrogens with one attached hydrogen (secondary N) is 5. The summed E-state index contributed by atoms with van der Waals surface area (Å²) in [5.74, 6) is -3.65. The predicted octanol–water partition coefficient (Wildman–Crippen LogP) is -1.54. The molecule has 0 spiro atoms. The maximum absolute atomic E-state index is 13.3. The molecule has 0 aliphatic rings. The summed E-state index contributed by atoms with van der Waals surface area (Å²) in [5.41, 5.74) is 7.65. The van der Waals surface area contributed by atoms with Crippen LogP contribution in [0.15, 0.2) is 43.0 Å². The maximum atomic E-state index is 13.3. The number of nitrogens with zero attached hydrogens (tertiary/aromatic N) is 1. The second-order valence-corrected chi connectivity index (χ2v) is 8.70. The molecule has 0 fully saturated rings. The SMILES string of the molecule is NC(CO)C(=O)NC(Cc1cnc[nH]1)C(=O)NC(Cc1c[nH]c2ccccc12)C(=O)NC(CS)C(=O)O. The molecule has 2 aromatic heterocycles. The number of aliphatic hydroxyl groups is 1. The summed E-state index contributed by atoms with van der Waals surface area (Å²) in [6, 6.07) is 2.48. The van der Waals surface area contributed by atoms with Gasteiger partial charge in [-0.3, -0.25) is 14.4 Å². The molecule has 198 valence electrons. The number of benzene rings is 1. The van der Waals surface area contributed by atoms with E-state index in [1.54, 1.807) is 6.20 Å². The Balaban J connectivity index is 1.86. The van der Waals surface area contributed by atoms with Crippen LogP contribution in [0.2, 0.25) is 0 Å². The summed E-state index contributed by atoms with van der Waals surface area (Å²) >= 11 is 3.98. The summed E-state index contributed by atoms with van der Waals surface area (Å²) in [7, 11) is 0. The minimum absolute atomic E-state index is 0.00840. The van der Waals surface area contributed by atoms with Gasteiger partial charge in [-0.05, 0) is 11.6 Å². The van der Waals surface area contributed by atoms with Gasteiger partial charge in [0.25, 0.3) is 0 Å². The van der Waals surface area contributed by atoms with Crippen LogP contribution in [0.4, 0.5) is 0 Å². The molecule has 3 rings (SSSR count). The first-order valence-electron chi connectivity index (χ1n) is 11.4. The number of aromatic nitrogens is 3. The molecule has 2 heterocycles. The highest BCUT2D eigenvalue weighted by molar-refractivity contribution is 7.80. The maximum Gasteiger partial charge on any atom is 0.327 e. The van der Waals surface area contributed by atoms with Crippen LogP contribution in [-0.2, 0) is 32.0 Å². The molecule has 0 aliphatic carbocycles. The van der Waals surface area contributed by atoms with E-state index in [9.17, 15) is 29.4 Å². The molecule has 37 heavy (non-hydrogen) atoms. The number of nitrogens with two attached hydrogens (primary N) is 1. The van der Waals surface area contributed by atoms with Gasteiger partial charge >= 0.3 is 5.97 Å². The summed E-state index contributed by atoms with van der Waals surface area (Å²) in [4.78, 5) is 60.1. The summed E-state index contributed by atoms with van der Waals surface area (Å²) < 4.78 is 0. The fraction of sp³-hybridized carbons (Fsp3) is 0.348. The number of fused-ring (bicyclic) bond motifs is 1. The first kappa shape index (κ1) is 27.7. The molecule has 9 N–H and O–H groups in total. The van der Waals surface area contributed by atoms with E-state index in [2.05, 4.69) is 43.5 Å². The summed E-state index contributed by atoms with van der Waals surface area (Å²) in [6.07, 6.45) is 4.60.